The number of fused-ring (bicyclic) bond motifs is 1. The molecule has 3 rings (SSSR count). The Morgan fingerprint density at radius 2 is 1.78 bits per heavy atom. The first-order chi connectivity index (χ1) is 12.9. The average Bonchev–Trinajstić information content (AvgIpc) is 2.67. The molecular weight excluding hydrogens is 370 g/mol. The van der Waals surface area contributed by atoms with E-state index in [0.717, 1.165) is 46.4 Å². The predicted molar refractivity (Wildman–Crippen MR) is 100 cm³/mol. The molecule has 0 saturated heterocycles. The molecule has 0 amide bonds. The summed E-state index contributed by atoms with van der Waals surface area (Å²) in [7, 11) is -2.40. The van der Waals surface area contributed by atoms with Gasteiger partial charge in [-0.25, -0.2) is 0 Å². The molecule has 0 saturated carbocycles. The molecule has 0 heterocycles. The highest BCUT2D eigenvalue weighted by molar-refractivity contribution is 7.86. The van der Waals surface area contributed by atoms with Crippen LogP contribution in [-0.2, 0) is 20.7 Å². The summed E-state index contributed by atoms with van der Waals surface area (Å²) in [5, 5.41) is 12.6. The molecule has 0 aromatic heterocycles. The summed E-state index contributed by atoms with van der Waals surface area (Å²) in [6.07, 6.45) is 0.386. The second-order valence-electron chi connectivity index (χ2n) is 5.78. The van der Waals surface area contributed by atoms with Crippen LogP contribution in [0.15, 0.2) is 65.6 Å². The van der Waals surface area contributed by atoms with Crippen LogP contribution < -0.4 is 4.74 Å². The largest absolute Gasteiger partial charge is 0.497 e. The smallest absolute Gasteiger partial charge is 0.296 e. The molecule has 0 atom stereocenters. The Kier molecular flexibility index (Phi) is 5.38. The van der Waals surface area contributed by atoms with Crippen molar-refractivity contribution in [3.63, 3.8) is 0 Å². The Bertz CT molecular complexity index is 1080. The van der Waals surface area contributed by atoms with E-state index in [1.807, 2.05) is 36.4 Å². The fourth-order valence-electron chi connectivity index (χ4n) is 2.73. The Morgan fingerprint density at radius 1 is 1.04 bits per heavy atom. The predicted octanol–water partition coefficient (Wildman–Crippen LogP) is 3.70. The number of hydrogen-bond acceptors (Lipinski definition) is 6. The molecule has 7 nitrogen and oxygen atoms in total. The molecule has 27 heavy (non-hydrogen) atoms. The second kappa shape index (κ2) is 7.73. The molecule has 0 radical (unpaired) electrons. The summed E-state index contributed by atoms with van der Waals surface area (Å²) in [5.41, 5.74) is 0.754. The van der Waals surface area contributed by atoms with E-state index in [0.29, 0.717) is 6.42 Å². The second-order valence-corrected chi connectivity index (χ2v) is 7.40. The third kappa shape index (κ3) is 4.24. The number of ether oxygens (including phenoxy) is 1. The van der Waals surface area contributed by atoms with E-state index in [4.69, 9.17) is 8.92 Å². The van der Waals surface area contributed by atoms with Crippen LogP contribution in [0, 0.1) is 10.1 Å². The minimum atomic E-state index is -3.99. The zero-order chi connectivity index (χ0) is 19.4. The molecule has 0 aliphatic carbocycles. The molecule has 0 aliphatic heterocycles. The van der Waals surface area contributed by atoms with Gasteiger partial charge >= 0.3 is 0 Å². The van der Waals surface area contributed by atoms with Gasteiger partial charge in [0.1, 0.15) is 5.75 Å². The zero-order valence-electron chi connectivity index (χ0n) is 14.5. The van der Waals surface area contributed by atoms with Gasteiger partial charge in [-0.1, -0.05) is 24.3 Å². The van der Waals surface area contributed by atoms with E-state index in [1.165, 1.54) is 0 Å². The van der Waals surface area contributed by atoms with E-state index in [2.05, 4.69) is 0 Å². The molecule has 0 aliphatic rings. The molecule has 0 unspecified atom stereocenters. The van der Waals surface area contributed by atoms with Gasteiger partial charge in [-0.2, -0.15) is 8.42 Å². The highest BCUT2D eigenvalue weighted by atomic mass is 32.2. The average molecular weight is 387 g/mol. The SMILES string of the molecule is COc1ccc2cccc(CCOS(=O)(=O)c3ccc([N+](=O)[O-])cc3)c2c1. The Labute approximate surface area is 156 Å². The van der Waals surface area contributed by atoms with E-state index in [-0.39, 0.29) is 17.2 Å². The number of rotatable bonds is 7. The molecule has 140 valence electrons. The van der Waals surface area contributed by atoms with Crippen molar-refractivity contribution in [2.45, 2.75) is 11.3 Å². The highest BCUT2D eigenvalue weighted by Crippen LogP contribution is 2.25. The summed E-state index contributed by atoms with van der Waals surface area (Å²) in [6, 6.07) is 16.1. The number of non-ortho nitro benzene ring substituents is 1. The van der Waals surface area contributed by atoms with Crippen molar-refractivity contribution in [1.82, 2.24) is 0 Å². The maximum atomic E-state index is 12.3. The molecule has 0 fully saturated rings. The van der Waals surface area contributed by atoms with Gasteiger partial charge in [0.15, 0.2) is 0 Å². The molecule has 0 bridgehead atoms. The quantitative estimate of drug-likeness (QED) is 0.348. The Morgan fingerprint density at radius 3 is 2.44 bits per heavy atom. The van der Waals surface area contributed by atoms with Crippen molar-refractivity contribution in [2.24, 2.45) is 0 Å². The van der Waals surface area contributed by atoms with Crippen LogP contribution in [0.3, 0.4) is 0 Å². The van der Waals surface area contributed by atoms with Crippen molar-refractivity contribution < 1.29 is 22.3 Å². The van der Waals surface area contributed by atoms with Crippen molar-refractivity contribution in [3.8, 4) is 5.75 Å². The van der Waals surface area contributed by atoms with E-state index >= 15 is 0 Å². The van der Waals surface area contributed by atoms with Crippen LogP contribution in [0.1, 0.15) is 5.56 Å². The summed E-state index contributed by atoms with van der Waals surface area (Å²) in [4.78, 5) is 9.95. The summed E-state index contributed by atoms with van der Waals surface area (Å²) in [6.45, 7) is -0.0460. The van der Waals surface area contributed by atoms with Gasteiger partial charge in [0.25, 0.3) is 15.8 Å². The monoisotopic (exact) mass is 387 g/mol. The highest BCUT2D eigenvalue weighted by Gasteiger charge is 2.17. The van der Waals surface area contributed by atoms with Crippen molar-refractivity contribution in [2.75, 3.05) is 13.7 Å². The van der Waals surface area contributed by atoms with Gasteiger partial charge < -0.3 is 4.74 Å². The topological polar surface area (TPSA) is 95.7 Å². The number of nitro groups is 1. The molecule has 8 heteroatoms. The molecule has 3 aromatic rings. The minimum absolute atomic E-state index is 0.0460. The number of methoxy groups -OCH3 is 1. The first-order valence-corrected chi connectivity index (χ1v) is 9.51. The first kappa shape index (κ1) is 18.8. The zero-order valence-corrected chi connectivity index (χ0v) is 15.3. The lowest BCUT2D eigenvalue weighted by molar-refractivity contribution is -0.384. The van der Waals surface area contributed by atoms with Gasteiger partial charge in [-0.3, -0.25) is 14.3 Å². The summed E-state index contributed by atoms with van der Waals surface area (Å²) >= 11 is 0. The Hall–Kier alpha value is -2.97. The molecule has 3 aromatic carbocycles. The third-order valence-corrected chi connectivity index (χ3v) is 5.45. The summed E-state index contributed by atoms with van der Waals surface area (Å²) < 4.78 is 34.9. The fourth-order valence-corrected chi connectivity index (χ4v) is 3.63. The minimum Gasteiger partial charge on any atom is -0.497 e. The number of benzene rings is 3. The van der Waals surface area contributed by atoms with Crippen LogP contribution in [0.25, 0.3) is 10.8 Å². The molecule has 0 spiro atoms. The lowest BCUT2D eigenvalue weighted by atomic mass is 10.0. The maximum absolute atomic E-state index is 12.3. The summed E-state index contributed by atoms with van der Waals surface area (Å²) in [5.74, 6) is 0.717. The van der Waals surface area contributed by atoms with Crippen LogP contribution >= 0.6 is 0 Å². The normalized spacial score (nSPS) is 11.4. The standard InChI is InChI=1S/C19H17NO6S/c1-25-17-8-5-14-3-2-4-15(19(14)13-17)11-12-26-27(23,24)18-9-6-16(7-10-18)20(21)22/h2-10,13H,11-12H2,1H3. The third-order valence-electron chi connectivity index (χ3n) is 4.13. The lowest BCUT2D eigenvalue weighted by Crippen LogP contribution is -2.09. The van der Waals surface area contributed by atoms with Gasteiger partial charge in [-0.15, -0.1) is 0 Å². The van der Waals surface area contributed by atoms with Crippen LogP contribution in [0.5, 0.6) is 5.75 Å². The van der Waals surface area contributed by atoms with Gasteiger partial charge in [0.2, 0.25) is 0 Å². The fraction of sp³-hybridized carbons (Fsp3) is 0.158. The number of nitrogens with zero attached hydrogens (tertiary/aromatic N) is 1. The van der Waals surface area contributed by atoms with E-state index < -0.39 is 15.0 Å². The van der Waals surface area contributed by atoms with Gasteiger partial charge in [0, 0.05) is 12.1 Å². The van der Waals surface area contributed by atoms with Crippen LogP contribution in [0.2, 0.25) is 0 Å². The van der Waals surface area contributed by atoms with Crippen molar-refractivity contribution >= 4 is 26.6 Å². The first-order valence-electron chi connectivity index (χ1n) is 8.10. The lowest BCUT2D eigenvalue weighted by Gasteiger charge is -2.09. The van der Waals surface area contributed by atoms with E-state index in [1.54, 1.807) is 7.11 Å². The van der Waals surface area contributed by atoms with Gasteiger partial charge in [0.05, 0.1) is 23.5 Å². The number of hydrogen-bond donors (Lipinski definition) is 0. The molecule has 0 N–H and O–H groups in total. The van der Waals surface area contributed by atoms with Crippen LogP contribution in [-0.4, -0.2) is 27.1 Å². The van der Waals surface area contributed by atoms with Gasteiger partial charge in [-0.05, 0) is 47.0 Å². The molecular formula is C19H17NO6S. The van der Waals surface area contributed by atoms with E-state index in [9.17, 15) is 18.5 Å². The van der Waals surface area contributed by atoms with Crippen molar-refractivity contribution in [1.29, 1.82) is 0 Å². The number of nitro benzene ring substituents is 1. The Balaban J connectivity index is 1.73. The maximum Gasteiger partial charge on any atom is 0.296 e. The van der Waals surface area contributed by atoms with Crippen LogP contribution in [0.4, 0.5) is 5.69 Å². The van der Waals surface area contributed by atoms with Crippen molar-refractivity contribution in [3.05, 3.63) is 76.3 Å².